The Labute approximate surface area is 170 Å². The fraction of sp³-hybridized carbons (Fsp3) is 0.0952. The lowest BCUT2D eigenvalue weighted by Gasteiger charge is -2.23. The van der Waals surface area contributed by atoms with E-state index in [4.69, 9.17) is 4.74 Å². The van der Waals surface area contributed by atoms with Crippen LogP contribution in [0.3, 0.4) is 0 Å². The smallest absolute Gasteiger partial charge is 0.265 e. The first-order chi connectivity index (χ1) is 14.0. The van der Waals surface area contributed by atoms with E-state index in [1.807, 2.05) is 11.4 Å². The van der Waals surface area contributed by atoms with Crippen molar-refractivity contribution in [2.24, 2.45) is 0 Å². The lowest BCUT2D eigenvalue weighted by Crippen LogP contribution is -2.34. The number of thiophene rings is 1. The maximum atomic E-state index is 12.5. The number of hydrogen-bond donors (Lipinski definition) is 3. The van der Waals surface area contributed by atoms with E-state index in [1.165, 1.54) is 11.3 Å². The van der Waals surface area contributed by atoms with Crippen molar-refractivity contribution in [3.05, 3.63) is 70.4 Å². The molecular formula is C21H17N3O4S. The number of carbonyl (C=O) groups excluding carboxylic acids is 3. The fourth-order valence-corrected chi connectivity index (χ4v) is 3.41. The zero-order valence-electron chi connectivity index (χ0n) is 15.4. The van der Waals surface area contributed by atoms with E-state index >= 15 is 0 Å². The molecule has 0 unspecified atom stereocenters. The number of nitrogens with one attached hydrogen (secondary N) is 3. The van der Waals surface area contributed by atoms with E-state index in [0.29, 0.717) is 33.3 Å². The van der Waals surface area contributed by atoms with Crippen molar-refractivity contribution >= 4 is 46.1 Å². The van der Waals surface area contributed by atoms with Gasteiger partial charge in [0.05, 0.1) is 10.6 Å². The summed E-state index contributed by atoms with van der Waals surface area (Å²) in [7, 11) is 0. The first-order valence-corrected chi connectivity index (χ1v) is 9.75. The van der Waals surface area contributed by atoms with Gasteiger partial charge in [0.1, 0.15) is 5.75 Å². The van der Waals surface area contributed by atoms with Crippen LogP contribution in [0.5, 0.6) is 5.75 Å². The van der Waals surface area contributed by atoms with Gasteiger partial charge < -0.3 is 20.7 Å². The molecule has 8 heteroatoms. The van der Waals surface area contributed by atoms with E-state index in [1.54, 1.807) is 55.5 Å². The number of benzene rings is 2. The lowest BCUT2D eigenvalue weighted by atomic mass is 10.1. The highest BCUT2D eigenvalue weighted by Crippen LogP contribution is 2.32. The van der Waals surface area contributed by atoms with Gasteiger partial charge in [-0.2, -0.15) is 0 Å². The van der Waals surface area contributed by atoms with Crippen molar-refractivity contribution in [2.45, 2.75) is 13.0 Å². The molecule has 1 aromatic heterocycles. The standard InChI is InChI=1S/C21H17N3O4S/c1-12-19(25)24-16-11-15(8-9-17(16)28-12)23-20(26)13-4-6-14(7-5-13)22-21(27)18-3-2-10-29-18/h2-12H,1H3,(H,22,27)(H,23,26)(H,24,25)/t12-/m0/s1. The van der Waals surface area contributed by atoms with E-state index in [-0.39, 0.29) is 17.7 Å². The summed E-state index contributed by atoms with van der Waals surface area (Å²) in [6.07, 6.45) is -0.554. The van der Waals surface area contributed by atoms with E-state index in [0.717, 1.165) is 0 Å². The second kappa shape index (κ2) is 7.76. The van der Waals surface area contributed by atoms with Gasteiger partial charge in [-0.15, -0.1) is 11.3 Å². The lowest BCUT2D eigenvalue weighted by molar-refractivity contribution is -0.122. The molecule has 0 saturated heterocycles. The molecular weight excluding hydrogens is 390 g/mol. The summed E-state index contributed by atoms with van der Waals surface area (Å²) >= 11 is 1.36. The molecule has 1 aliphatic heterocycles. The molecule has 4 rings (SSSR count). The topological polar surface area (TPSA) is 96.5 Å². The number of carbonyl (C=O) groups is 3. The largest absolute Gasteiger partial charge is 0.479 e. The van der Waals surface area contributed by atoms with Crippen molar-refractivity contribution < 1.29 is 19.1 Å². The Morgan fingerprint density at radius 2 is 1.72 bits per heavy atom. The second-order valence-electron chi connectivity index (χ2n) is 6.42. The SMILES string of the molecule is C[C@@H]1Oc2ccc(NC(=O)c3ccc(NC(=O)c4cccs4)cc3)cc2NC1=O. The first kappa shape index (κ1) is 18.7. The molecule has 3 amide bonds. The van der Waals surface area contributed by atoms with Gasteiger partial charge in [-0.25, -0.2) is 0 Å². The Bertz CT molecular complexity index is 1080. The number of amides is 3. The molecule has 7 nitrogen and oxygen atoms in total. The van der Waals surface area contributed by atoms with E-state index < -0.39 is 6.10 Å². The summed E-state index contributed by atoms with van der Waals surface area (Å²) in [4.78, 5) is 36.9. The van der Waals surface area contributed by atoms with Crippen molar-refractivity contribution in [3.8, 4) is 5.75 Å². The highest BCUT2D eigenvalue weighted by atomic mass is 32.1. The first-order valence-electron chi connectivity index (χ1n) is 8.87. The van der Waals surface area contributed by atoms with Crippen LogP contribution in [0.2, 0.25) is 0 Å². The zero-order chi connectivity index (χ0) is 20.4. The van der Waals surface area contributed by atoms with Gasteiger partial charge in [0, 0.05) is 16.9 Å². The van der Waals surface area contributed by atoms with Crippen LogP contribution in [0.15, 0.2) is 60.0 Å². The highest BCUT2D eigenvalue weighted by Gasteiger charge is 2.23. The fourth-order valence-electron chi connectivity index (χ4n) is 2.80. The summed E-state index contributed by atoms with van der Waals surface area (Å²) in [5, 5.41) is 10.2. The molecule has 0 spiro atoms. The van der Waals surface area contributed by atoms with Crippen molar-refractivity contribution in [1.82, 2.24) is 0 Å². The molecule has 1 atom stereocenters. The van der Waals surface area contributed by atoms with Crippen LogP contribution >= 0.6 is 11.3 Å². The van der Waals surface area contributed by atoms with E-state index in [2.05, 4.69) is 16.0 Å². The normalized spacial score (nSPS) is 14.9. The second-order valence-corrected chi connectivity index (χ2v) is 7.37. The molecule has 29 heavy (non-hydrogen) atoms. The maximum Gasteiger partial charge on any atom is 0.265 e. The Morgan fingerprint density at radius 1 is 1.00 bits per heavy atom. The monoisotopic (exact) mass is 407 g/mol. The molecule has 0 aliphatic carbocycles. The summed E-state index contributed by atoms with van der Waals surface area (Å²) in [5.41, 5.74) is 2.08. The number of anilines is 3. The van der Waals surface area contributed by atoms with Gasteiger partial charge >= 0.3 is 0 Å². The van der Waals surface area contributed by atoms with Crippen LogP contribution in [0.4, 0.5) is 17.1 Å². The molecule has 0 saturated carbocycles. The predicted octanol–water partition coefficient (Wildman–Crippen LogP) is 3.97. The number of hydrogen-bond acceptors (Lipinski definition) is 5. The minimum atomic E-state index is -0.554. The molecule has 2 heterocycles. The molecule has 0 bridgehead atoms. The van der Waals surface area contributed by atoms with Gasteiger partial charge in [0.15, 0.2) is 6.10 Å². The Kier molecular flexibility index (Phi) is 5.01. The highest BCUT2D eigenvalue weighted by molar-refractivity contribution is 7.12. The summed E-state index contributed by atoms with van der Waals surface area (Å²) in [6, 6.07) is 15.2. The summed E-state index contributed by atoms with van der Waals surface area (Å²) in [6.45, 7) is 1.67. The van der Waals surface area contributed by atoms with Gasteiger partial charge in [-0.05, 0) is 60.8 Å². The molecule has 0 radical (unpaired) electrons. The Balaban J connectivity index is 1.42. The third-order valence-electron chi connectivity index (χ3n) is 4.32. The molecule has 0 fully saturated rings. The molecule has 3 N–H and O–H groups in total. The van der Waals surface area contributed by atoms with Gasteiger partial charge in [-0.3, -0.25) is 14.4 Å². The molecule has 1 aliphatic rings. The number of rotatable bonds is 4. The average molecular weight is 407 g/mol. The summed E-state index contributed by atoms with van der Waals surface area (Å²) in [5.74, 6) is -0.176. The van der Waals surface area contributed by atoms with Crippen molar-refractivity contribution in [2.75, 3.05) is 16.0 Å². The van der Waals surface area contributed by atoms with Crippen LogP contribution in [-0.4, -0.2) is 23.8 Å². The molecule has 146 valence electrons. The third-order valence-corrected chi connectivity index (χ3v) is 5.19. The quantitative estimate of drug-likeness (QED) is 0.610. The van der Waals surface area contributed by atoms with Crippen LogP contribution in [0.1, 0.15) is 27.0 Å². The average Bonchev–Trinajstić information content (AvgIpc) is 3.25. The minimum absolute atomic E-state index is 0.190. The van der Waals surface area contributed by atoms with Crippen molar-refractivity contribution in [3.63, 3.8) is 0 Å². The zero-order valence-corrected chi connectivity index (χ0v) is 16.2. The van der Waals surface area contributed by atoms with E-state index in [9.17, 15) is 14.4 Å². The molecule has 2 aromatic carbocycles. The van der Waals surface area contributed by atoms with Crippen molar-refractivity contribution in [1.29, 1.82) is 0 Å². The van der Waals surface area contributed by atoms with Gasteiger partial charge in [0.2, 0.25) is 0 Å². The van der Waals surface area contributed by atoms with Crippen LogP contribution < -0.4 is 20.7 Å². The Morgan fingerprint density at radius 3 is 2.45 bits per heavy atom. The molecule has 3 aromatic rings. The number of ether oxygens (including phenoxy) is 1. The number of fused-ring (bicyclic) bond motifs is 1. The predicted molar refractivity (Wildman–Crippen MR) is 112 cm³/mol. The van der Waals surface area contributed by atoms with Crippen LogP contribution in [-0.2, 0) is 4.79 Å². The van der Waals surface area contributed by atoms with Crippen LogP contribution in [0, 0.1) is 0 Å². The summed E-state index contributed by atoms with van der Waals surface area (Å²) < 4.78 is 5.50. The van der Waals surface area contributed by atoms with Gasteiger partial charge in [-0.1, -0.05) is 6.07 Å². The minimum Gasteiger partial charge on any atom is -0.479 e. The van der Waals surface area contributed by atoms with Crippen LogP contribution in [0.25, 0.3) is 0 Å². The Hall–Kier alpha value is -3.65. The third kappa shape index (κ3) is 4.12. The van der Waals surface area contributed by atoms with Gasteiger partial charge in [0.25, 0.3) is 17.7 Å². The maximum absolute atomic E-state index is 12.5.